The highest BCUT2D eigenvalue weighted by Gasteiger charge is 2.14. The summed E-state index contributed by atoms with van der Waals surface area (Å²) in [4.78, 5) is 17.8. The van der Waals surface area contributed by atoms with Crippen LogP contribution in [-0.4, -0.2) is 11.0 Å². The zero-order valence-electron chi connectivity index (χ0n) is 12.5. The smallest absolute Gasteiger partial charge is 0.317 e. The van der Waals surface area contributed by atoms with E-state index in [1.165, 1.54) is 17.5 Å². The summed E-state index contributed by atoms with van der Waals surface area (Å²) in [7, 11) is 0. The molecule has 0 aliphatic heterocycles. The topological polar surface area (TPSA) is 39.2 Å². The van der Waals surface area contributed by atoms with Crippen molar-refractivity contribution in [2.24, 2.45) is 0 Å². The minimum absolute atomic E-state index is 0.207. The summed E-state index contributed by atoms with van der Waals surface area (Å²) in [6.45, 7) is 0. The number of benzene rings is 1. The Morgan fingerprint density at radius 1 is 1.17 bits per heavy atom. The molecule has 1 aliphatic rings. The van der Waals surface area contributed by atoms with Crippen LogP contribution in [0.4, 0.5) is 0 Å². The second-order valence-electron chi connectivity index (χ2n) is 5.56. The lowest BCUT2D eigenvalue weighted by Crippen LogP contribution is -2.11. The molecule has 0 unspecified atom stereocenters. The maximum absolute atomic E-state index is 12.1. The van der Waals surface area contributed by atoms with Crippen molar-refractivity contribution in [1.82, 2.24) is 4.98 Å². The second-order valence-corrected chi connectivity index (χ2v) is 7.36. The predicted molar refractivity (Wildman–Crippen MR) is 93.2 cm³/mol. The number of carbonyl (C=O) groups excluding carboxylic acids is 1. The molecule has 3 aromatic rings. The van der Waals surface area contributed by atoms with E-state index in [2.05, 4.69) is 11.1 Å². The predicted octanol–water partition coefficient (Wildman–Crippen LogP) is 4.51. The highest BCUT2D eigenvalue weighted by Crippen LogP contribution is 2.28. The second kappa shape index (κ2) is 6.26. The molecule has 3 nitrogen and oxygen atoms in total. The first-order chi connectivity index (χ1) is 11.3. The Kier molecular flexibility index (Phi) is 3.97. The van der Waals surface area contributed by atoms with Crippen LogP contribution in [0, 0.1) is 0 Å². The van der Waals surface area contributed by atoms with E-state index in [-0.39, 0.29) is 12.4 Å². The minimum atomic E-state index is -0.258. The molecule has 0 radical (unpaired) electrons. The Bertz CT molecular complexity index is 837. The largest absolute Gasteiger partial charge is 0.426 e. The van der Waals surface area contributed by atoms with Crippen LogP contribution in [0.3, 0.4) is 0 Å². The van der Waals surface area contributed by atoms with Gasteiger partial charge in [0.15, 0.2) is 0 Å². The van der Waals surface area contributed by atoms with E-state index in [4.69, 9.17) is 4.74 Å². The van der Waals surface area contributed by atoms with Crippen molar-refractivity contribution in [3.8, 4) is 15.6 Å². The van der Waals surface area contributed by atoms with Gasteiger partial charge < -0.3 is 4.74 Å². The molecule has 2 heterocycles. The Labute approximate surface area is 142 Å². The summed E-state index contributed by atoms with van der Waals surface area (Å²) in [6, 6.07) is 10.0. The van der Waals surface area contributed by atoms with Crippen molar-refractivity contribution in [3.63, 3.8) is 0 Å². The Morgan fingerprint density at radius 2 is 2.09 bits per heavy atom. The molecule has 0 saturated heterocycles. The minimum Gasteiger partial charge on any atom is -0.426 e. The third-order valence-corrected chi connectivity index (χ3v) is 5.84. The lowest BCUT2D eigenvalue weighted by molar-refractivity contribution is -0.133. The summed E-state index contributed by atoms with van der Waals surface area (Å²) in [5.41, 5.74) is 3.46. The SMILES string of the molecule is O=C(Cc1csc(-c2cccs2)n1)Oc1ccc2c(c1)CCC2. The molecule has 1 aromatic carbocycles. The zero-order valence-corrected chi connectivity index (χ0v) is 14.1. The van der Waals surface area contributed by atoms with Gasteiger partial charge in [0.2, 0.25) is 0 Å². The maximum Gasteiger partial charge on any atom is 0.317 e. The number of rotatable bonds is 4. The molecule has 1 aliphatic carbocycles. The fourth-order valence-electron chi connectivity index (χ4n) is 2.83. The molecule has 2 aromatic heterocycles. The fraction of sp³-hybridized carbons (Fsp3) is 0.222. The Hall–Kier alpha value is -1.98. The number of thiazole rings is 1. The van der Waals surface area contributed by atoms with Gasteiger partial charge in [-0.05, 0) is 54.0 Å². The molecule has 0 atom stereocenters. The van der Waals surface area contributed by atoms with E-state index < -0.39 is 0 Å². The fourth-order valence-corrected chi connectivity index (χ4v) is 4.46. The molecule has 5 heteroatoms. The number of aromatic nitrogens is 1. The summed E-state index contributed by atoms with van der Waals surface area (Å²) in [5.74, 6) is 0.385. The maximum atomic E-state index is 12.1. The van der Waals surface area contributed by atoms with Gasteiger partial charge in [0, 0.05) is 5.38 Å². The van der Waals surface area contributed by atoms with Crippen LogP contribution in [0.25, 0.3) is 9.88 Å². The van der Waals surface area contributed by atoms with Gasteiger partial charge in [0.05, 0.1) is 17.0 Å². The third kappa shape index (κ3) is 3.21. The van der Waals surface area contributed by atoms with Crippen molar-refractivity contribution in [2.75, 3.05) is 0 Å². The monoisotopic (exact) mass is 341 g/mol. The van der Waals surface area contributed by atoms with Crippen LogP contribution in [0.2, 0.25) is 0 Å². The van der Waals surface area contributed by atoms with Crippen LogP contribution >= 0.6 is 22.7 Å². The highest BCUT2D eigenvalue weighted by molar-refractivity contribution is 7.20. The van der Waals surface area contributed by atoms with Gasteiger partial charge in [0.1, 0.15) is 10.8 Å². The molecule has 116 valence electrons. The molecular formula is C18H15NO2S2. The number of ether oxygens (including phenoxy) is 1. The number of aryl methyl sites for hydroxylation is 2. The van der Waals surface area contributed by atoms with Crippen LogP contribution < -0.4 is 4.74 Å². The molecule has 0 N–H and O–H groups in total. The van der Waals surface area contributed by atoms with Crippen molar-refractivity contribution in [1.29, 1.82) is 0 Å². The lowest BCUT2D eigenvalue weighted by atomic mass is 10.1. The van der Waals surface area contributed by atoms with Crippen molar-refractivity contribution >= 4 is 28.6 Å². The van der Waals surface area contributed by atoms with Crippen molar-refractivity contribution in [2.45, 2.75) is 25.7 Å². The van der Waals surface area contributed by atoms with Gasteiger partial charge in [-0.3, -0.25) is 4.79 Å². The van der Waals surface area contributed by atoms with Crippen LogP contribution in [0.5, 0.6) is 5.75 Å². The van der Waals surface area contributed by atoms with E-state index in [1.54, 1.807) is 22.7 Å². The van der Waals surface area contributed by atoms with Crippen LogP contribution in [0.15, 0.2) is 41.1 Å². The van der Waals surface area contributed by atoms with Gasteiger partial charge in [-0.2, -0.15) is 0 Å². The number of fused-ring (bicyclic) bond motifs is 1. The van der Waals surface area contributed by atoms with E-state index in [9.17, 15) is 4.79 Å². The summed E-state index contributed by atoms with van der Waals surface area (Å²) in [6.07, 6.45) is 3.61. The first-order valence-electron chi connectivity index (χ1n) is 7.59. The molecule has 0 bridgehead atoms. The quantitative estimate of drug-likeness (QED) is 0.518. The summed E-state index contributed by atoms with van der Waals surface area (Å²) in [5, 5.41) is 4.91. The number of carbonyl (C=O) groups is 1. The summed E-state index contributed by atoms with van der Waals surface area (Å²) >= 11 is 3.22. The van der Waals surface area contributed by atoms with Gasteiger partial charge >= 0.3 is 5.97 Å². The van der Waals surface area contributed by atoms with Gasteiger partial charge in [-0.25, -0.2) is 4.98 Å². The third-order valence-electron chi connectivity index (χ3n) is 3.91. The molecule has 0 amide bonds. The first-order valence-corrected chi connectivity index (χ1v) is 9.34. The first kappa shape index (κ1) is 14.6. The number of nitrogens with zero attached hydrogens (tertiary/aromatic N) is 1. The number of hydrogen-bond donors (Lipinski definition) is 0. The van der Waals surface area contributed by atoms with Crippen molar-refractivity contribution < 1.29 is 9.53 Å². The zero-order chi connectivity index (χ0) is 15.6. The standard InChI is InChI=1S/C18H15NO2S2/c20-17(21-15-7-6-12-3-1-4-13(12)9-15)10-14-11-23-18(19-14)16-5-2-8-22-16/h2,5-9,11H,1,3-4,10H2. The van der Waals surface area contributed by atoms with Gasteiger partial charge in [-0.15, -0.1) is 22.7 Å². The van der Waals surface area contributed by atoms with Gasteiger partial charge in [0.25, 0.3) is 0 Å². The Morgan fingerprint density at radius 3 is 2.96 bits per heavy atom. The van der Waals surface area contributed by atoms with Crippen LogP contribution in [-0.2, 0) is 24.1 Å². The normalized spacial score (nSPS) is 13.0. The molecule has 0 fully saturated rings. The summed E-state index contributed by atoms with van der Waals surface area (Å²) < 4.78 is 5.47. The molecule has 0 spiro atoms. The van der Waals surface area contributed by atoms with Gasteiger partial charge in [-0.1, -0.05) is 12.1 Å². The van der Waals surface area contributed by atoms with Crippen LogP contribution in [0.1, 0.15) is 23.2 Å². The van der Waals surface area contributed by atoms with E-state index >= 15 is 0 Å². The molecule has 0 saturated carbocycles. The average molecular weight is 341 g/mol. The van der Waals surface area contributed by atoms with Crippen molar-refractivity contribution in [3.05, 3.63) is 57.9 Å². The van der Waals surface area contributed by atoms with E-state index in [1.807, 2.05) is 35.0 Å². The molecule has 23 heavy (non-hydrogen) atoms. The van der Waals surface area contributed by atoms with E-state index in [0.717, 1.165) is 28.4 Å². The average Bonchev–Trinajstić information content (AvgIpc) is 3.27. The van der Waals surface area contributed by atoms with E-state index in [0.29, 0.717) is 5.75 Å². The Balaban J connectivity index is 1.42. The highest BCUT2D eigenvalue weighted by atomic mass is 32.1. The molecule has 4 rings (SSSR count). The molecular weight excluding hydrogens is 326 g/mol. The number of thiophene rings is 1. The number of hydrogen-bond acceptors (Lipinski definition) is 5. The lowest BCUT2D eigenvalue weighted by Gasteiger charge is -2.05. The number of esters is 1.